The van der Waals surface area contributed by atoms with Gasteiger partial charge in [0.2, 0.25) is 0 Å². The molecule has 0 saturated heterocycles. The van der Waals surface area contributed by atoms with Crippen LogP contribution in [0.3, 0.4) is 0 Å². The Morgan fingerprint density at radius 2 is 2.31 bits per heavy atom. The van der Waals surface area contributed by atoms with Crippen molar-refractivity contribution in [1.82, 2.24) is 0 Å². The van der Waals surface area contributed by atoms with E-state index in [1.54, 1.807) is 0 Å². The quantitative estimate of drug-likeness (QED) is 0.424. The lowest BCUT2D eigenvalue weighted by atomic mass is 10.3. The monoisotopic (exact) mass is 197 g/mol. The van der Waals surface area contributed by atoms with Gasteiger partial charge in [-0.3, -0.25) is 14.9 Å². The number of hydrogen-bond donors (Lipinski definition) is 0. The Kier molecular flexibility index (Phi) is 1.88. The lowest BCUT2D eigenvalue weighted by Crippen LogP contribution is -1.88. The fourth-order valence-electron chi connectivity index (χ4n) is 1.25. The third kappa shape index (κ3) is 1.47. The van der Waals surface area contributed by atoms with Crippen molar-refractivity contribution < 1.29 is 9.72 Å². The smallest absolute Gasteiger partial charge is 0.284 e. The first-order chi connectivity index (χ1) is 6.22. The molecule has 0 aromatic carbocycles. The summed E-state index contributed by atoms with van der Waals surface area (Å²) in [4.78, 5) is 21.8. The van der Waals surface area contributed by atoms with Gasteiger partial charge in [-0.05, 0) is 12.8 Å². The highest BCUT2D eigenvalue weighted by Crippen LogP contribution is 2.47. The van der Waals surface area contributed by atoms with E-state index < -0.39 is 4.92 Å². The molecule has 1 aliphatic rings. The fraction of sp³-hybridized carbons (Fsp3) is 0.375. The highest BCUT2D eigenvalue weighted by Gasteiger charge is 2.33. The van der Waals surface area contributed by atoms with Crippen LogP contribution in [0.15, 0.2) is 6.07 Å². The van der Waals surface area contributed by atoms with Gasteiger partial charge in [0.1, 0.15) is 0 Å². The van der Waals surface area contributed by atoms with E-state index >= 15 is 0 Å². The first kappa shape index (κ1) is 8.37. The molecule has 1 aliphatic carbocycles. The Bertz CT molecular complexity index is 367. The second-order valence-corrected chi connectivity index (χ2v) is 4.16. The first-order valence-electron chi connectivity index (χ1n) is 3.95. The normalized spacial score (nSPS) is 15.7. The van der Waals surface area contributed by atoms with E-state index in [1.165, 1.54) is 17.4 Å². The van der Waals surface area contributed by atoms with E-state index in [0.717, 1.165) is 17.7 Å². The molecule has 0 unspecified atom stereocenters. The van der Waals surface area contributed by atoms with Crippen molar-refractivity contribution in [2.24, 2.45) is 0 Å². The molecule has 0 N–H and O–H groups in total. The molecular formula is C8H7NO3S. The number of nitrogens with zero attached hydrogens (tertiary/aromatic N) is 1. The summed E-state index contributed by atoms with van der Waals surface area (Å²) < 4.78 is 0. The molecule has 0 radical (unpaired) electrons. The van der Waals surface area contributed by atoms with Crippen LogP contribution in [0.1, 0.15) is 33.3 Å². The number of carbonyl (C=O) groups excluding carboxylic acids is 1. The van der Waals surface area contributed by atoms with Gasteiger partial charge >= 0.3 is 0 Å². The molecule has 5 heteroatoms. The summed E-state index contributed by atoms with van der Waals surface area (Å²) in [6.07, 6.45) is 2.70. The number of thiophene rings is 1. The van der Waals surface area contributed by atoms with Gasteiger partial charge in [0.05, 0.1) is 14.7 Å². The second kappa shape index (κ2) is 2.92. The van der Waals surface area contributed by atoms with Crippen LogP contribution in [0.25, 0.3) is 0 Å². The second-order valence-electron chi connectivity index (χ2n) is 3.05. The van der Waals surface area contributed by atoms with Gasteiger partial charge < -0.3 is 0 Å². The van der Waals surface area contributed by atoms with Crippen molar-refractivity contribution in [2.45, 2.75) is 18.8 Å². The number of hydrogen-bond acceptors (Lipinski definition) is 4. The topological polar surface area (TPSA) is 60.2 Å². The molecule has 1 aromatic heterocycles. The van der Waals surface area contributed by atoms with Gasteiger partial charge in [-0.15, -0.1) is 11.3 Å². The molecule has 4 nitrogen and oxygen atoms in total. The SMILES string of the molecule is O=Cc1cc([N+](=O)[O-])c(C2CC2)s1. The van der Waals surface area contributed by atoms with E-state index in [2.05, 4.69) is 0 Å². The highest BCUT2D eigenvalue weighted by atomic mass is 32.1. The number of carbonyl (C=O) groups is 1. The third-order valence-electron chi connectivity index (χ3n) is 2.02. The molecule has 0 aliphatic heterocycles. The van der Waals surface area contributed by atoms with Crippen LogP contribution in [0, 0.1) is 10.1 Å². The van der Waals surface area contributed by atoms with Crippen LogP contribution in [-0.4, -0.2) is 11.2 Å². The summed E-state index contributed by atoms with van der Waals surface area (Å²) in [6.45, 7) is 0. The zero-order chi connectivity index (χ0) is 9.42. The molecule has 2 rings (SSSR count). The summed E-state index contributed by atoms with van der Waals surface area (Å²) in [5, 5.41) is 10.6. The zero-order valence-electron chi connectivity index (χ0n) is 6.73. The van der Waals surface area contributed by atoms with E-state index in [-0.39, 0.29) is 5.69 Å². The Hall–Kier alpha value is -1.23. The maximum absolute atomic E-state index is 10.6. The van der Waals surface area contributed by atoms with Crippen molar-refractivity contribution >= 4 is 23.3 Å². The maximum Gasteiger partial charge on any atom is 0.284 e. The molecule has 1 aromatic rings. The van der Waals surface area contributed by atoms with Crippen LogP contribution in [0.4, 0.5) is 5.69 Å². The molecular weight excluding hydrogens is 190 g/mol. The van der Waals surface area contributed by atoms with Crippen LogP contribution in [0.5, 0.6) is 0 Å². The van der Waals surface area contributed by atoms with E-state index in [1.807, 2.05) is 0 Å². The van der Waals surface area contributed by atoms with Crippen LogP contribution < -0.4 is 0 Å². The molecule has 0 atom stereocenters. The summed E-state index contributed by atoms with van der Waals surface area (Å²) in [5.74, 6) is 0.332. The van der Waals surface area contributed by atoms with Gasteiger partial charge in [-0.25, -0.2) is 0 Å². The lowest BCUT2D eigenvalue weighted by molar-refractivity contribution is -0.385. The van der Waals surface area contributed by atoms with E-state index in [0.29, 0.717) is 17.1 Å². The largest absolute Gasteiger partial charge is 0.297 e. The molecule has 68 valence electrons. The highest BCUT2D eigenvalue weighted by molar-refractivity contribution is 7.14. The van der Waals surface area contributed by atoms with Crippen molar-refractivity contribution in [3.63, 3.8) is 0 Å². The standard InChI is InChI=1S/C8H7NO3S/c10-4-6-3-7(9(11)12)8(13-6)5-1-2-5/h3-5H,1-2H2. The van der Waals surface area contributed by atoms with E-state index in [9.17, 15) is 14.9 Å². The Morgan fingerprint density at radius 1 is 1.62 bits per heavy atom. The van der Waals surface area contributed by atoms with E-state index in [4.69, 9.17) is 0 Å². The average Bonchev–Trinajstić information content (AvgIpc) is 2.84. The predicted octanol–water partition coefficient (Wildman–Crippen LogP) is 2.35. The maximum atomic E-state index is 10.6. The van der Waals surface area contributed by atoms with Crippen LogP contribution in [-0.2, 0) is 0 Å². The predicted molar refractivity (Wildman–Crippen MR) is 48.3 cm³/mol. The third-order valence-corrected chi connectivity index (χ3v) is 3.23. The number of nitro groups is 1. The van der Waals surface area contributed by atoms with Gasteiger partial charge in [0.15, 0.2) is 6.29 Å². The molecule has 0 bridgehead atoms. The van der Waals surface area contributed by atoms with Gasteiger partial charge in [0, 0.05) is 12.0 Å². The van der Waals surface area contributed by atoms with Crippen molar-refractivity contribution in [3.05, 3.63) is 25.9 Å². The van der Waals surface area contributed by atoms with Crippen LogP contribution >= 0.6 is 11.3 Å². The average molecular weight is 197 g/mol. The first-order valence-corrected chi connectivity index (χ1v) is 4.77. The van der Waals surface area contributed by atoms with Crippen molar-refractivity contribution in [2.75, 3.05) is 0 Å². The molecule has 0 spiro atoms. The molecule has 13 heavy (non-hydrogen) atoms. The molecule has 1 heterocycles. The fourth-order valence-corrected chi connectivity index (χ4v) is 2.37. The Labute approximate surface area is 78.3 Å². The Balaban J connectivity index is 2.44. The van der Waals surface area contributed by atoms with Crippen molar-refractivity contribution in [3.8, 4) is 0 Å². The zero-order valence-corrected chi connectivity index (χ0v) is 7.54. The number of rotatable bonds is 3. The Morgan fingerprint density at radius 3 is 2.77 bits per heavy atom. The van der Waals surface area contributed by atoms with Gasteiger partial charge in [0.25, 0.3) is 5.69 Å². The summed E-state index contributed by atoms with van der Waals surface area (Å²) in [7, 11) is 0. The minimum atomic E-state index is -0.406. The van der Waals surface area contributed by atoms with Crippen LogP contribution in [0.2, 0.25) is 0 Å². The van der Waals surface area contributed by atoms with Gasteiger partial charge in [-0.1, -0.05) is 0 Å². The molecule has 1 fully saturated rings. The summed E-state index contributed by atoms with van der Waals surface area (Å²) >= 11 is 1.25. The summed E-state index contributed by atoms with van der Waals surface area (Å²) in [6, 6.07) is 1.37. The molecule has 1 saturated carbocycles. The minimum absolute atomic E-state index is 0.120. The lowest BCUT2D eigenvalue weighted by Gasteiger charge is -1.89. The van der Waals surface area contributed by atoms with Gasteiger partial charge in [-0.2, -0.15) is 0 Å². The molecule has 0 amide bonds. The summed E-state index contributed by atoms with van der Waals surface area (Å²) in [5.41, 5.74) is 0.120. The minimum Gasteiger partial charge on any atom is -0.297 e. The number of aldehydes is 1. The van der Waals surface area contributed by atoms with Crippen molar-refractivity contribution in [1.29, 1.82) is 0 Å².